The minimum absolute atomic E-state index is 0.133. The second-order valence-corrected chi connectivity index (χ2v) is 9.23. The summed E-state index contributed by atoms with van der Waals surface area (Å²) >= 11 is 3.81. The van der Waals surface area contributed by atoms with Gasteiger partial charge in [0.15, 0.2) is 0 Å². The minimum Gasteiger partial charge on any atom is -0.497 e. The fourth-order valence-electron chi connectivity index (χ4n) is 3.51. The summed E-state index contributed by atoms with van der Waals surface area (Å²) in [5.74, 6) is 1.46. The van der Waals surface area contributed by atoms with Crippen molar-refractivity contribution in [3.05, 3.63) is 51.5 Å². The van der Waals surface area contributed by atoms with Gasteiger partial charge >= 0.3 is 0 Å². The van der Waals surface area contributed by atoms with Crippen molar-refractivity contribution < 1.29 is 18.9 Å². The molecule has 0 radical (unpaired) electrons. The first kappa shape index (κ1) is 25.1. The highest BCUT2D eigenvalue weighted by Crippen LogP contribution is 2.36. The summed E-state index contributed by atoms with van der Waals surface area (Å²) in [7, 11) is 3.43. The van der Waals surface area contributed by atoms with Crippen LogP contribution < -0.4 is 4.74 Å². The lowest BCUT2D eigenvalue weighted by Crippen LogP contribution is -2.13. The van der Waals surface area contributed by atoms with Gasteiger partial charge in [0.1, 0.15) is 5.75 Å². The zero-order valence-electron chi connectivity index (χ0n) is 19.1. The third kappa shape index (κ3) is 8.18. The van der Waals surface area contributed by atoms with Crippen molar-refractivity contribution in [3.63, 3.8) is 0 Å². The predicted molar refractivity (Wildman–Crippen MR) is 126 cm³/mol. The van der Waals surface area contributed by atoms with Gasteiger partial charge in [0.05, 0.1) is 32.5 Å². The maximum atomic E-state index is 6.16. The zero-order valence-corrected chi connectivity index (χ0v) is 20.7. The van der Waals surface area contributed by atoms with Gasteiger partial charge in [-0.15, -0.1) is 0 Å². The van der Waals surface area contributed by atoms with E-state index < -0.39 is 0 Å². The largest absolute Gasteiger partial charge is 0.497 e. The van der Waals surface area contributed by atoms with Gasteiger partial charge in [-0.25, -0.2) is 0 Å². The molecule has 0 aliphatic carbocycles. The molecule has 1 saturated heterocycles. The molecule has 30 heavy (non-hydrogen) atoms. The van der Waals surface area contributed by atoms with Gasteiger partial charge in [-0.1, -0.05) is 48.0 Å². The third-order valence-corrected chi connectivity index (χ3v) is 6.12. The van der Waals surface area contributed by atoms with Crippen LogP contribution in [0.3, 0.4) is 0 Å². The molecule has 1 aliphatic heterocycles. The topological polar surface area (TPSA) is 36.9 Å². The molecule has 1 fully saturated rings. The molecule has 1 aromatic carbocycles. The van der Waals surface area contributed by atoms with Gasteiger partial charge < -0.3 is 18.9 Å². The average molecular weight is 481 g/mol. The molecule has 0 spiro atoms. The van der Waals surface area contributed by atoms with Crippen molar-refractivity contribution in [2.45, 2.75) is 65.3 Å². The van der Waals surface area contributed by atoms with E-state index in [1.165, 1.54) is 15.6 Å². The van der Waals surface area contributed by atoms with Gasteiger partial charge in [-0.3, -0.25) is 0 Å². The maximum absolute atomic E-state index is 6.16. The van der Waals surface area contributed by atoms with E-state index in [4.69, 9.17) is 18.9 Å². The van der Waals surface area contributed by atoms with Gasteiger partial charge in [-0.2, -0.15) is 0 Å². The average Bonchev–Trinajstić information content (AvgIpc) is 3.13. The Hall–Kier alpha value is -1.14. The molecule has 2 atom stereocenters. The number of halogens is 1. The molecular formula is C25H37BrO4. The van der Waals surface area contributed by atoms with E-state index in [9.17, 15) is 0 Å². The van der Waals surface area contributed by atoms with Crippen molar-refractivity contribution in [1.82, 2.24) is 0 Å². The van der Waals surface area contributed by atoms with Crippen molar-refractivity contribution in [2.24, 2.45) is 5.92 Å². The Morgan fingerprint density at radius 2 is 1.93 bits per heavy atom. The van der Waals surface area contributed by atoms with E-state index in [1.807, 2.05) is 24.3 Å². The summed E-state index contributed by atoms with van der Waals surface area (Å²) in [6.45, 7) is 8.67. The third-order valence-electron chi connectivity index (χ3n) is 5.25. The van der Waals surface area contributed by atoms with E-state index in [2.05, 4.69) is 42.8 Å². The molecule has 2 unspecified atom stereocenters. The lowest BCUT2D eigenvalue weighted by atomic mass is 9.94. The van der Waals surface area contributed by atoms with Gasteiger partial charge in [0.25, 0.3) is 0 Å². The van der Waals surface area contributed by atoms with E-state index in [0.717, 1.165) is 43.6 Å². The van der Waals surface area contributed by atoms with Crippen LogP contribution in [0, 0.1) is 5.92 Å². The minimum atomic E-state index is 0.133. The van der Waals surface area contributed by atoms with Crippen molar-refractivity contribution in [3.8, 4) is 5.75 Å². The smallest absolute Gasteiger partial charge is 0.118 e. The molecule has 5 heteroatoms. The maximum Gasteiger partial charge on any atom is 0.118 e. The normalized spacial score (nSPS) is 20.8. The van der Waals surface area contributed by atoms with Crippen LogP contribution in [0.25, 0.3) is 0 Å². The predicted octanol–water partition coefficient (Wildman–Crippen LogP) is 6.44. The Morgan fingerprint density at radius 3 is 2.57 bits per heavy atom. The fourth-order valence-corrected chi connectivity index (χ4v) is 4.13. The van der Waals surface area contributed by atoms with E-state index in [1.54, 1.807) is 14.2 Å². The Bertz CT molecular complexity index is 694. The molecule has 0 aromatic heterocycles. The summed E-state index contributed by atoms with van der Waals surface area (Å²) in [5.41, 5.74) is 3.78. The number of ether oxygens (including phenoxy) is 4. The summed E-state index contributed by atoms with van der Waals surface area (Å²) in [4.78, 5) is 0. The molecule has 1 aromatic rings. The quantitative estimate of drug-likeness (QED) is 0.322. The number of rotatable bonds is 12. The molecule has 0 saturated carbocycles. The zero-order chi connectivity index (χ0) is 21.9. The van der Waals surface area contributed by atoms with E-state index in [0.29, 0.717) is 19.1 Å². The number of benzene rings is 1. The number of methoxy groups -OCH3 is 2. The van der Waals surface area contributed by atoms with Crippen LogP contribution >= 0.6 is 15.9 Å². The molecule has 0 N–H and O–H groups in total. The summed E-state index contributed by atoms with van der Waals surface area (Å²) in [6.07, 6.45) is 6.51. The van der Waals surface area contributed by atoms with Gasteiger partial charge in [0, 0.05) is 18.2 Å². The lowest BCUT2D eigenvalue weighted by Gasteiger charge is -2.17. The van der Waals surface area contributed by atoms with E-state index in [-0.39, 0.29) is 12.2 Å². The summed E-state index contributed by atoms with van der Waals surface area (Å²) < 4.78 is 23.9. The number of allylic oxidation sites excluding steroid dienone is 1. The van der Waals surface area contributed by atoms with Crippen LogP contribution in [-0.4, -0.2) is 39.6 Å². The molecular weight excluding hydrogens is 444 g/mol. The first-order valence-corrected chi connectivity index (χ1v) is 11.7. The van der Waals surface area contributed by atoms with Crippen molar-refractivity contribution in [2.75, 3.05) is 27.4 Å². The molecule has 0 bridgehead atoms. The van der Waals surface area contributed by atoms with Gasteiger partial charge in [-0.05, 0) is 67.4 Å². The first-order chi connectivity index (χ1) is 14.4. The summed E-state index contributed by atoms with van der Waals surface area (Å²) in [5, 5.41) is 0. The lowest BCUT2D eigenvalue weighted by molar-refractivity contribution is 0.0548. The first-order valence-electron chi connectivity index (χ1n) is 10.9. The number of hydrogen-bond donors (Lipinski definition) is 0. The summed E-state index contributed by atoms with van der Waals surface area (Å²) in [6, 6.07) is 8.03. The Balaban J connectivity index is 2.00. The van der Waals surface area contributed by atoms with E-state index >= 15 is 0 Å². The molecule has 1 aliphatic rings. The van der Waals surface area contributed by atoms with Gasteiger partial charge in [0.2, 0.25) is 0 Å². The van der Waals surface area contributed by atoms with Crippen molar-refractivity contribution in [1.29, 1.82) is 0 Å². The van der Waals surface area contributed by atoms with Crippen molar-refractivity contribution >= 4 is 15.9 Å². The Morgan fingerprint density at radius 1 is 1.20 bits per heavy atom. The second-order valence-electron chi connectivity index (χ2n) is 8.27. The SMILES string of the molecule is COCCC/C(Br)=C1\COC(CC(C)C)\C1=C/CC(C)OCc1ccc(OC)cc1. The van der Waals surface area contributed by atoms with Crippen LogP contribution in [0.1, 0.15) is 52.0 Å². The van der Waals surface area contributed by atoms with Crippen LogP contribution in [0.2, 0.25) is 0 Å². The highest BCUT2D eigenvalue weighted by atomic mass is 79.9. The molecule has 168 valence electrons. The second kappa shape index (κ2) is 13.3. The highest BCUT2D eigenvalue weighted by molar-refractivity contribution is 9.11. The Kier molecular flexibility index (Phi) is 11.1. The van der Waals surface area contributed by atoms with Crippen LogP contribution in [-0.2, 0) is 20.8 Å². The Labute approximate surface area is 190 Å². The van der Waals surface area contributed by atoms with Crippen LogP contribution in [0.5, 0.6) is 5.75 Å². The standard InChI is InChI=1S/C25H37BrO4/c1-18(2)15-25-22(23(17-30-25)24(26)7-6-14-27-4)13-8-19(3)29-16-20-9-11-21(28-5)12-10-20/h9-13,18-19,25H,6-8,14-17H2,1-5H3/b22-13-,24-23-. The molecule has 4 nitrogen and oxygen atoms in total. The molecule has 2 rings (SSSR count). The van der Waals surface area contributed by atoms with Crippen LogP contribution in [0.4, 0.5) is 0 Å². The fraction of sp³-hybridized carbons (Fsp3) is 0.600. The number of hydrogen-bond acceptors (Lipinski definition) is 4. The van der Waals surface area contributed by atoms with Crippen LogP contribution in [0.15, 0.2) is 46.0 Å². The monoisotopic (exact) mass is 480 g/mol. The highest BCUT2D eigenvalue weighted by Gasteiger charge is 2.28. The molecule has 0 amide bonds. The molecule has 1 heterocycles.